The van der Waals surface area contributed by atoms with Crippen LogP contribution in [0.5, 0.6) is 0 Å². The van der Waals surface area contributed by atoms with E-state index in [4.69, 9.17) is 14.2 Å². The highest BCUT2D eigenvalue weighted by Gasteiger charge is 2.70. The van der Waals surface area contributed by atoms with Gasteiger partial charge in [0.25, 0.3) is 0 Å². The molecule has 0 aromatic carbocycles. The number of carbonyl (C=O) groups excluding carboxylic acids is 1. The van der Waals surface area contributed by atoms with Gasteiger partial charge in [0.15, 0.2) is 12.4 Å². The largest absolute Gasteiger partial charge is 0.481 e. The Bertz CT molecular complexity index is 1260. The van der Waals surface area contributed by atoms with Crippen LogP contribution in [0.25, 0.3) is 0 Å². The molecule has 1 saturated heterocycles. The Morgan fingerprint density at radius 2 is 1.57 bits per heavy atom. The average molecular weight is 647 g/mol. The number of esters is 1. The van der Waals surface area contributed by atoms with Gasteiger partial charge in [-0.3, -0.25) is 4.79 Å². The molecule has 1 heterocycles. The smallest absolute Gasteiger partial charge is 0.337 e. The lowest BCUT2D eigenvalue weighted by atomic mass is 9.33. The Morgan fingerprint density at radius 3 is 2.22 bits per heavy atom. The Hall–Kier alpha value is -1.52. The fourth-order valence-corrected chi connectivity index (χ4v) is 12.5. The van der Waals surface area contributed by atoms with Crippen molar-refractivity contribution < 1.29 is 44.2 Å². The van der Waals surface area contributed by atoms with Crippen LogP contribution in [0, 0.1) is 56.7 Å². The van der Waals surface area contributed by atoms with E-state index in [9.17, 15) is 30.0 Å². The first kappa shape index (κ1) is 34.3. The molecule has 0 bridgehead atoms. The second-order valence-corrected chi connectivity index (χ2v) is 17.5. The molecule has 0 aromatic rings. The third-order valence-electron chi connectivity index (χ3n) is 15.7. The molecule has 1 aliphatic heterocycles. The van der Waals surface area contributed by atoms with Gasteiger partial charge in [-0.15, -0.1) is 0 Å². The molecule has 6 rings (SSSR count). The minimum atomic E-state index is -1.62. The number of carboxylic acids is 1. The summed E-state index contributed by atoms with van der Waals surface area (Å²) >= 11 is 0. The molecular formula is C37H58O9. The van der Waals surface area contributed by atoms with Crippen molar-refractivity contribution in [2.45, 2.75) is 143 Å². The summed E-state index contributed by atoms with van der Waals surface area (Å²) < 4.78 is 17.0. The van der Waals surface area contributed by atoms with Gasteiger partial charge in [0.2, 0.25) is 0 Å². The minimum Gasteiger partial charge on any atom is -0.481 e. The van der Waals surface area contributed by atoms with Gasteiger partial charge in [-0.05, 0) is 109 Å². The fraction of sp³-hybridized carbons (Fsp3) is 0.892. The number of fused-ring (bicyclic) bond motifs is 7. The molecule has 9 nitrogen and oxygen atoms in total. The predicted molar refractivity (Wildman–Crippen MR) is 170 cm³/mol. The normalized spacial score (nSPS) is 53.0. The molecule has 5 fully saturated rings. The number of hydrogen-bond donors (Lipinski definition) is 4. The van der Waals surface area contributed by atoms with Gasteiger partial charge in [-0.2, -0.15) is 0 Å². The molecule has 0 radical (unpaired) electrons. The Labute approximate surface area is 274 Å². The van der Waals surface area contributed by atoms with E-state index in [0.29, 0.717) is 23.7 Å². The van der Waals surface area contributed by atoms with Crippen molar-refractivity contribution in [1.82, 2.24) is 0 Å². The highest BCUT2D eigenvalue weighted by molar-refractivity contribution is 5.77. The third kappa shape index (κ3) is 4.50. The predicted octanol–water partition coefficient (Wildman–Crippen LogP) is 5.09. The fourth-order valence-electron chi connectivity index (χ4n) is 12.5. The lowest BCUT2D eigenvalue weighted by molar-refractivity contribution is -0.324. The standard InChI is InChI=1S/C37H58O9/c1-19-11-16-37(32(42)43)18-17-35(6)21(25(37)20(19)2)9-10-23-34(5)14-13-24(33(3,4)22(34)12-15-36(23,35)7)45-31-28(40)26(38)27(39)29(46-31)30(41)44-8/h9,19-20,22-29,31,38-40H,10-18H2,1-8H3,(H,42,43). The molecule has 5 aliphatic carbocycles. The number of rotatable bonds is 4. The molecule has 0 spiro atoms. The minimum absolute atomic E-state index is 0.0184. The first-order chi connectivity index (χ1) is 21.4. The number of carbonyl (C=O) groups is 2. The molecular weight excluding hydrogens is 588 g/mol. The second-order valence-electron chi connectivity index (χ2n) is 17.5. The van der Waals surface area contributed by atoms with Crippen molar-refractivity contribution in [1.29, 1.82) is 0 Å². The number of allylic oxidation sites excluding steroid dienone is 2. The Morgan fingerprint density at radius 1 is 0.870 bits per heavy atom. The average Bonchev–Trinajstić information content (AvgIpc) is 3.00. The van der Waals surface area contributed by atoms with E-state index in [1.165, 1.54) is 12.7 Å². The van der Waals surface area contributed by atoms with E-state index in [1.807, 2.05) is 0 Å². The van der Waals surface area contributed by atoms with Crippen LogP contribution in [-0.4, -0.2) is 76.3 Å². The molecule has 9 heteroatoms. The summed E-state index contributed by atoms with van der Waals surface area (Å²) in [5.41, 5.74) is 0.472. The van der Waals surface area contributed by atoms with Crippen LogP contribution in [0.4, 0.5) is 0 Å². The van der Waals surface area contributed by atoms with E-state index < -0.39 is 48.1 Å². The molecule has 0 amide bonds. The van der Waals surface area contributed by atoms with E-state index in [0.717, 1.165) is 57.8 Å². The number of ether oxygens (including phenoxy) is 3. The van der Waals surface area contributed by atoms with Crippen LogP contribution in [0.15, 0.2) is 11.6 Å². The topological polar surface area (TPSA) is 143 Å². The van der Waals surface area contributed by atoms with Crippen LogP contribution in [0.2, 0.25) is 0 Å². The molecule has 260 valence electrons. The van der Waals surface area contributed by atoms with E-state index in [-0.39, 0.29) is 33.7 Å². The molecule has 46 heavy (non-hydrogen) atoms. The van der Waals surface area contributed by atoms with Gasteiger partial charge in [0.1, 0.15) is 18.3 Å². The summed E-state index contributed by atoms with van der Waals surface area (Å²) in [6, 6.07) is 0. The number of aliphatic hydroxyl groups is 3. The summed E-state index contributed by atoms with van der Waals surface area (Å²) in [7, 11) is 1.18. The van der Waals surface area contributed by atoms with Crippen LogP contribution >= 0.6 is 0 Å². The van der Waals surface area contributed by atoms with Crippen molar-refractivity contribution in [2.75, 3.05) is 7.11 Å². The maximum Gasteiger partial charge on any atom is 0.337 e. The molecule has 4 N–H and O–H groups in total. The molecule has 15 unspecified atom stereocenters. The summed E-state index contributed by atoms with van der Waals surface area (Å²) in [5, 5.41) is 42.4. The van der Waals surface area contributed by atoms with Gasteiger partial charge >= 0.3 is 11.9 Å². The number of hydrogen-bond acceptors (Lipinski definition) is 8. The van der Waals surface area contributed by atoms with E-state index >= 15 is 0 Å². The summed E-state index contributed by atoms with van der Waals surface area (Å²) in [5.74, 6) is 0.249. The highest BCUT2D eigenvalue weighted by atomic mass is 16.7. The lowest BCUT2D eigenvalue weighted by Crippen LogP contribution is -2.66. The van der Waals surface area contributed by atoms with Crippen LogP contribution < -0.4 is 0 Å². The second kappa shape index (κ2) is 11.3. The van der Waals surface area contributed by atoms with Crippen molar-refractivity contribution in [2.24, 2.45) is 56.7 Å². The van der Waals surface area contributed by atoms with Crippen molar-refractivity contribution in [3.63, 3.8) is 0 Å². The van der Waals surface area contributed by atoms with E-state index in [2.05, 4.69) is 54.5 Å². The van der Waals surface area contributed by atoms with Gasteiger partial charge < -0.3 is 34.6 Å². The molecule has 0 aromatic heterocycles. The van der Waals surface area contributed by atoms with E-state index in [1.54, 1.807) is 0 Å². The first-order valence-electron chi connectivity index (χ1n) is 17.8. The molecule has 4 saturated carbocycles. The zero-order chi connectivity index (χ0) is 33.8. The van der Waals surface area contributed by atoms with Gasteiger partial charge in [-0.1, -0.05) is 60.1 Å². The number of carboxylic acid groups (broad SMARTS) is 1. The maximum atomic E-state index is 13.0. The third-order valence-corrected chi connectivity index (χ3v) is 15.7. The van der Waals surface area contributed by atoms with Crippen LogP contribution in [-0.2, 0) is 23.8 Å². The monoisotopic (exact) mass is 646 g/mol. The van der Waals surface area contributed by atoms with Crippen molar-refractivity contribution in [3.8, 4) is 0 Å². The number of methoxy groups -OCH3 is 1. The molecule has 15 atom stereocenters. The van der Waals surface area contributed by atoms with Gasteiger partial charge in [0.05, 0.1) is 18.6 Å². The Kier molecular flexibility index (Phi) is 8.41. The van der Waals surface area contributed by atoms with Gasteiger partial charge in [0, 0.05) is 0 Å². The zero-order valence-corrected chi connectivity index (χ0v) is 29.1. The van der Waals surface area contributed by atoms with Crippen molar-refractivity contribution >= 4 is 11.9 Å². The summed E-state index contributed by atoms with van der Waals surface area (Å²) in [6.45, 7) is 16.5. The summed E-state index contributed by atoms with van der Waals surface area (Å²) in [4.78, 5) is 25.3. The summed E-state index contributed by atoms with van der Waals surface area (Å²) in [6.07, 6.45) is 2.84. The highest BCUT2D eigenvalue weighted by Crippen LogP contribution is 2.76. The van der Waals surface area contributed by atoms with Gasteiger partial charge in [-0.25, -0.2) is 4.79 Å². The first-order valence-corrected chi connectivity index (χ1v) is 17.8. The SMILES string of the molecule is COC(=O)C1OC(OC2CCC3(C)C(CCC4(C)C3CC=C3C5C(C)C(C)CCC5(C(=O)O)CCC34C)C2(C)C)C(O)C(O)C1O. The lowest BCUT2D eigenvalue weighted by Gasteiger charge is -2.71. The number of aliphatic carboxylic acids is 1. The Balaban J connectivity index is 1.29. The molecule has 6 aliphatic rings. The maximum absolute atomic E-state index is 13.0. The van der Waals surface area contributed by atoms with Crippen LogP contribution in [0.3, 0.4) is 0 Å². The quantitative estimate of drug-likeness (QED) is 0.187. The zero-order valence-electron chi connectivity index (χ0n) is 29.1. The van der Waals surface area contributed by atoms with Crippen molar-refractivity contribution in [3.05, 3.63) is 11.6 Å². The number of aliphatic hydroxyl groups excluding tert-OH is 3. The van der Waals surface area contributed by atoms with Crippen LogP contribution in [0.1, 0.15) is 106 Å².